The number of halogens is 2. The molecule has 2 heterocycles. The van der Waals surface area contributed by atoms with Crippen molar-refractivity contribution >= 4 is 40.2 Å². The van der Waals surface area contributed by atoms with Gasteiger partial charge in [-0.3, -0.25) is 0 Å². The molecule has 0 spiro atoms. The van der Waals surface area contributed by atoms with Gasteiger partial charge in [0.1, 0.15) is 11.5 Å². The van der Waals surface area contributed by atoms with Gasteiger partial charge in [0.05, 0.1) is 48.3 Å². The minimum atomic E-state index is 0.155. The molecule has 8 heteroatoms. The zero-order valence-corrected chi connectivity index (χ0v) is 19.1. The van der Waals surface area contributed by atoms with Crippen LogP contribution >= 0.6 is 34.5 Å². The van der Waals surface area contributed by atoms with Crippen LogP contribution in [0.15, 0.2) is 46.8 Å². The van der Waals surface area contributed by atoms with E-state index in [1.54, 1.807) is 37.7 Å². The van der Waals surface area contributed by atoms with Gasteiger partial charge in [-0.25, -0.2) is 4.99 Å². The van der Waals surface area contributed by atoms with Gasteiger partial charge in [0.25, 0.3) is 0 Å². The van der Waals surface area contributed by atoms with E-state index in [0.29, 0.717) is 16.6 Å². The molecule has 1 saturated heterocycles. The number of aromatic nitrogens is 1. The summed E-state index contributed by atoms with van der Waals surface area (Å²) in [5.41, 5.74) is 2.70. The van der Waals surface area contributed by atoms with Crippen LogP contribution in [0.2, 0.25) is 10.0 Å². The molecule has 1 atom stereocenters. The fourth-order valence-corrected chi connectivity index (χ4v) is 4.70. The lowest BCUT2D eigenvalue weighted by Crippen LogP contribution is -2.24. The van der Waals surface area contributed by atoms with Crippen molar-refractivity contribution in [3.05, 3.63) is 56.6 Å². The topological polar surface area (TPSA) is 45.0 Å². The Bertz CT molecular complexity index is 1100. The molecule has 0 N–H and O–H groups in total. The minimum Gasteiger partial charge on any atom is -0.497 e. The Labute approximate surface area is 189 Å². The van der Waals surface area contributed by atoms with E-state index in [4.69, 9.17) is 42.4 Å². The van der Waals surface area contributed by atoms with Crippen molar-refractivity contribution in [1.82, 2.24) is 4.57 Å². The Morgan fingerprint density at radius 2 is 2.00 bits per heavy atom. The number of methoxy groups -OCH3 is 2. The summed E-state index contributed by atoms with van der Waals surface area (Å²) in [6.07, 6.45) is 2.26. The van der Waals surface area contributed by atoms with Gasteiger partial charge in [-0.2, -0.15) is 0 Å². The fourth-order valence-electron chi connectivity index (χ4n) is 3.48. The zero-order chi connectivity index (χ0) is 21.1. The van der Waals surface area contributed by atoms with E-state index in [1.165, 1.54) is 0 Å². The highest BCUT2D eigenvalue weighted by Gasteiger charge is 2.20. The van der Waals surface area contributed by atoms with Gasteiger partial charge < -0.3 is 18.8 Å². The minimum absolute atomic E-state index is 0.155. The molecule has 0 bridgehead atoms. The highest BCUT2D eigenvalue weighted by molar-refractivity contribution is 7.07. The van der Waals surface area contributed by atoms with Gasteiger partial charge in [0.2, 0.25) is 0 Å². The SMILES string of the molecule is COc1ccc(OC)c(-c2csc(=Nc3ccc(Cl)c(Cl)c3)n2CC2CCCO2)c1. The van der Waals surface area contributed by atoms with Gasteiger partial charge in [-0.1, -0.05) is 23.2 Å². The second-order valence-corrected chi connectivity index (χ2v) is 8.58. The van der Waals surface area contributed by atoms with Crippen molar-refractivity contribution in [2.75, 3.05) is 20.8 Å². The van der Waals surface area contributed by atoms with E-state index in [0.717, 1.165) is 52.7 Å². The maximum absolute atomic E-state index is 6.19. The molecule has 1 aromatic heterocycles. The van der Waals surface area contributed by atoms with Crippen LogP contribution in [-0.2, 0) is 11.3 Å². The normalized spacial score (nSPS) is 16.8. The Balaban J connectivity index is 1.85. The third kappa shape index (κ3) is 4.52. The predicted molar refractivity (Wildman–Crippen MR) is 122 cm³/mol. The maximum atomic E-state index is 6.19. The summed E-state index contributed by atoms with van der Waals surface area (Å²) in [7, 11) is 3.33. The molecule has 1 aliphatic rings. The molecule has 3 aromatic rings. The Morgan fingerprint density at radius 3 is 2.70 bits per heavy atom. The number of rotatable bonds is 6. The number of ether oxygens (including phenoxy) is 3. The fraction of sp³-hybridized carbons (Fsp3) is 0.318. The third-order valence-electron chi connectivity index (χ3n) is 5.02. The summed E-state index contributed by atoms with van der Waals surface area (Å²) >= 11 is 13.8. The molecular formula is C22H22Cl2N2O3S. The summed E-state index contributed by atoms with van der Waals surface area (Å²) in [4.78, 5) is 5.69. The lowest BCUT2D eigenvalue weighted by atomic mass is 10.1. The monoisotopic (exact) mass is 464 g/mol. The van der Waals surface area contributed by atoms with Gasteiger partial charge in [-0.15, -0.1) is 11.3 Å². The average molecular weight is 465 g/mol. The van der Waals surface area contributed by atoms with Crippen molar-refractivity contribution in [2.24, 2.45) is 4.99 Å². The predicted octanol–water partition coefficient (Wildman–Crippen LogP) is 5.95. The first-order valence-corrected chi connectivity index (χ1v) is 11.2. The zero-order valence-electron chi connectivity index (χ0n) is 16.7. The summed E-state index contributed by atoms with van der Waals surface area (Å²) in [5, 5.41) is 3.08. The summed E-state index contributed by atoms with van der Waals surface area (Å²) in [5.74, 6) is 1.54. The van der Waals surface area contributed by atoms with Crippen molar-refractivity contribution in [2.45, 2.75) is 25.5 Å². The highest BCUT2D eigenvalue weighted by atomic mass is 35.5. The van der Waals surface area contributed by atoms with Crippen molar-refractivity contribution < 1.29 is 14.2 Å². The van der Waals surface area contributed by atoms with Crippen LogP contribution in [0.5, 0.6) is 11.5 Å². The summed E-state index contributed by atoms with van der Waals surface area (Å²) in [6, 6.07) is 11.2. The van der Waals surface area contributed by atoms with E-state index in [9.17, 15) is 0 Å². The Morgan fingerprint density at radius 1 is 1.13 bits per heavy atom. The maximum Gasteiger partial charge on any atom is 0.190 e. The van der Waals surface area contributed by atoms with E-state index < -0.39 is 0 Å². The molecule has 4 rings (SSSR count). The Hall–Kier alpha value is -1.99. The first-order chi connectivity index (χ1) is 14.6. The molecule has 158 valence electrons. The molecular weight excluding hydrogens is 443 g/mol. The van der Waals surface area contributed by atoms with Crippen LogP contribution < -0.4 is 14.3 Å². The lowest BCUT2D eigenvalue weighted by Gasteiger charge is -2.16. The standard InChI is InChI=1S/C22H22Cl2N2O3S/c1-27-15-6-8-21(28-2)17(11-15)20-13-30-22(26(20)12-16-4-3-9-29-16)25-14-5-7-18(23)19(24)10-14/h5-8,10-11,13,16H,3-4,9,12H2,1-2H3. The van der Waals surface area contributed by atoms with Crippen LogP contribution in [0.4, 0.5) is 5.69 Å². The molecule has 0 aliphatic carbocycles. The first kappa shape index (κ1) is 21.2. The number of benzene rings is 2. The van der Waals surface area contributed by atoms with Gasteiger partial charge >= 0.3 is 0 Å². The highest BCUT2D eigenvalue weighted by Crippen LogP contribution is 2.34. The number of hydrogen-bond acceptors (Lipinski definition) is 5. The van der Waals surface area contributed by atoms with Gasteiger partial charge in [-0.05, 0) is 49.2 Å². The number of nitrogens with zero attached hydrogens (tertiary/aromatic N) is 2. The molecule has 1 unspecified atom stereocenters. The smallest absolute Gasteiger partial charge is 0.190 e. The molecule has 1 aliphatic heterocycles. The quantitative estimate of drug-likeness (QED) is 0.452. The largest absolute Gasteiger partial charge is 0.497 e. The molecule has 5 nitrogen and oxygen atoms in total. The average Bonchev–Trinajstić information content (AvgIpc) is 3.41. The number of hydrogen-bond donors (Lipinski definition) is 0. The van der Waals surface area contributed by atoms with Crippen LogP contribution in [-0.4, -0.2) is 31.5 Å². The van der Waals surface area contributed by atoms with E-state index in [-0.39, 0.29) is 6.10 Å². The van der Waals surface area contributed by atoms with E-state index >= 15 is 0 Å². The van der Waals surface area contributed by atoms with Crippen LogP contribution in [0.25, 0.3) is 11.3 Å². The van der Waals surface area contributed by atoms with E-state index in [1.807, 2.05) is 24.3 Å². The Kier molecular flexibility index (Phi) is 6.68. The molecule has 0 amide bonds. The second-order valence-electron chi connectivity index (χ2n) is 6.93. The van der Waals surface area contributed by atoms with Crippen LogP contribution in [0, 0.1) is 0 Å². The molecule has 1 fully saturated rings. The summed E-state index contributed by atoms with van der Waals surface area (Å²) in [6.45, 7) is 1.51. The molecule has 2 aromatic carbocycles. The second kappa shape index (κ2) is 9.43. The van der Waals surface area contributed by atoms with Crippen molar-refractivity contribution in [3.8, 4) is 22.8 Å². The van der Waals surface area contributed by atoms with Gasteiger partial charge in [0.15, 0.2) is 4.80 Å². The molecule has 0 radical (unpaired) electrons. The van der Waals surface area contributed by atoms with Crippen LogP contribution in [0.1, 0.15) is 12.8 Å². The van der Waals surface area contributed by atoms with Crippen molar-refractivity contribution in [3.63, 3.8) is 0 Å². The van der Waals surface area contributed by atoms with Crippen LogP contribution in [0.3, 0.4) is 0 Å². The molecule has 0 saturated carbocycles. The van der Waals surface area contributed by atoms with Gasteiger partial charge in [0, 0.05) is 17.6 Å². The van der Waals surface area contributed by atoms with Crippen molar-refractivity contribution in [1.29, 1.82) is 0 Å². The summed E-state index contributed by atoms with van der Waals surface area (Å²) < 4.78 is 19.1. The third-order valence-corrected chi connectivity index (χ3v) is 6.62. The first-order valence-electron chi connectivity index (χ1n) is 9.61. The number of thiazole rings is 1. The molecule has 30 heavy (non-hydrogen) atoms. The van der Waals surface area contributed by atoms with E-state index in [2.05, 4.69) is 9.95 Å². The lowest BCUT2D eigenvalue weighted by molar-refractivity contribution is 0.0968.